The Labute approximate surface area is 160 Å². The first-order valence-corrected chi connectivity index (χ1v) is 8.86. The third-order valence-corrected chi connectivity index (χ3v) is 4.21. The number of rotatable bonds is 6. The van der Waals surface area contributed by atoms with Crippen LogP contribution in [-0.4, -0.2) is 20.9 Å². The molecule has 0 aliphatic carbocycles. The summed E-state index contributed by atoms with van der Waals surface area (Å²) in [4.78, 5) is 33.0. The molecule has 4 rings (SSSR count). The van der Waals surface area contributed by atoms with E-state index in [9.17, 15) is 9.59 Å². The molecule has 28 heavy (non-hydrogen) atoms. The number of ether oxygens (including phenoxy) is 1. The molecule has 0 atom stereocenters. The number of pyridine rings is 1. The minimum atomic E-state index is -0.349. The topological polar surface area (TPSA) is 99.9 Å². The Balaban J connectivity index is 1.44. The van der Waals surface area contributed by atoms with Crippen molar-refractivity contribution in [2.24, 2.45) is 0 Å². The average Bonchev–Trinajstić information content (AvgIpc) is 3.09. The van der Waals surface area contributed by atoms with Crippen molar-refractivity contribution in [1.29, 1.82) is 0 Å². The van der Waals surface area contributed by atoms with Gasteiger partial charge in [0.1, 0.15) is 11.3 Å². The highest BCUT2D eigenvalue weighted by Gasteiger charge is 2.09. The predicted octanol–water partition coefficient (Wildman–Crippen LogP) is 3.61. The number of H-pyrrole nitrogens is 2. The van der Waals surface area contributed by atoms with Crippen molar-refractivity contribution >= 4 is 22.8 Å². The number of nitrogens with zero attached hydrogens (tertiary/aromatic N) is 1. The summed E-state index contributed by atoms with van der Waals surface area (Å²) in [6, 6.07) is 18.6. The molecule has 2 aromatic carbocycles. The van der Waals surface area contributed by atoms with Crippen LogP contribution >= 0.6 is 0 Å². The molecule has 0 aliphatic rings. The number of carbonyl (C=O) groups excluding carboxylic acids is 1. The number of nitrogens with one attached hydrogen (secondary N) is 3. The summed E-state index contributed by atoms with van der Waals surface area (Å²) in [5.41, 5.74) is 2.33. The maximum atomic E-state index is 12.2. The molecule has 140 valence electrons. The largest absolute Gasteiger partial charge is 0.455 e. The lowest BCUT2D eigenvalue weighted by Crippen LogP contribution is -2.12. The second-order valence-electron chi connectivity index (χ2n) is 6.28. The standard InChI is InChI=1S/C21H18N4O3/c26-18(10-9-14-5-2-1-3-6-14)23-15-7-4-8-16(13-15)28-17-11-12-22-20-19(17)24-21(27)25-20/h1-8,11-13H,9-10H2,(H,23,26)(H2,22,24,25,27). The molecule has 0 saturated heterocycles. The van der Waals surface area contributed by atoms with Gasteiger partial charge >= 0.3 is 5.69 Å². The number of fused-ring (bicyclic) bond motifs is 1. The van der Waals surface area contributed by atoms with E-state index in [-0.39, 0.29) is 11.6 Å². The van der Waals surface area contributed by atoms with Gasteiger partial charge in [-0.15, -0.1) is 0 Å². The van der Waals surface area contributed by atoms with E-state index < -0.39 is 0 Å². The maximum absolute atomic E-state index is 12.2. The molecule has 3 N–H and O–H groups in total. The van der Waals surface area contributed by atoms with Crippen molar-refractivity contribution in [3.8, 4) is 11.5 Å². The molecule has 0 aliphatic heterocycles. The van der Waals surface area contributed by atoms with Crippen LogP contribution in [0.3, 0.4) is 0 Å². The summed E-state index contributed by atoms with van der Waals surface area (Å²) in [7, 11) is 0. The Morgan fingerprint density at radius 3 is 2.75 bits per heavy atom. The SMILES string of the molecule is O=C(CCc1ccccc1)Nc1cccc(Oc2ccnc3[nH]c(=O)[nH]c23)c1. The second-order valence-corrected chi connectivity index (χ2v) is 6.28. The molecule has 2 heterocycles. The number of hydrogen-bond acceptors (Lipinski definition) is 4. The Bertz CT molecular complexity index is 1160. The highest BCUT2D eigenvalue weighted by molar-refractivity contribution is 5.91. The van der Waals surface area contributed by atoms with Gasteiger partial charge < -0.3 is 15.0 Å². The summed E-state index contributed by atoms with van der Waals surface area (Å²) < 4.78 is 5.88. The third kappa shape index (κ3) is 4.09. The van der Waals surface area contributed by atoms with Crippen LogP contribution < -0.4 is 15.7 Å². The summed E-state index contributed by atoms with van der Waals surface area (Å²) >= 11 is 0. The van der Waals surface area contributed by atoms with E-state index in [2.05, 4.69) is 20.3 Å². The smallest absolute Gasteiger partial charge is 0.325 e. The number of benzene rings is 2. The average molecular weight is 374 g/mol. The van der Waals surface area contributed by atoms with Crippen LogP contribution in [0.2, 0.25) is 0 Å². The quantitative estimate of drug-likeness (QED) is 0.480. The van der Waals surface area contributed by atoms with Gasteiger partial charge in [-0.3, -0.25) is 9.78 Å². The highest BCUT2D eigenvalue weighted by atomic mass is 16.5. The Morgan fingerprint density at radius 2 is 1.89 bits per heavy atom. The van der Waals surface area contributed by atoms with Crippen molar-refractivity contribution in [2.45, 2.75) is 12.8 Å². The van der Waals surface area contributed by atoms with E-state index in [4.69, 9.17) is 4.74 Å². The van der Waals surface area contributed by atoms with Crippen molar-refractivity contribution in [2.75, 3.05) is 5.32 Å². The van der Waals surface area contributed by atoms with Crippen LogP contribution in [0.1, 0.15) is 12.0 Å². The summed E-state index contributed by atoms with van der Waals surface area (Å²) in [5.74, 6) is 0.939. The molecule has 4 aromatic rings. The molecule has 0 spiro atoms. The minimum absolute atomic E-state index is 0.0673. The number of anilines is 1. The lowest BCUT2D eigenvalue weighted by molar-refractivity contribution is -0.116. The molecular formula is C21H18N4O3. The zero-order valence-electron chi connectivity index (χ0n) is 14.9. The van der Waals surface area contributed by atoms with Gasteiger partial charge in [0.25, 0.3) is 0 Å². The molecule has 0 bridgehead atoms. The number of aromatic nitrogens is 3. The number of aromatic amines is 2. The highest BCUT2D eigenvalue weighted by Crippen LogP contribution is 2.27. The fraction of sp³-hybridized carbons (Fsp3) is 0.0952. The van der Waals surface area contributed by atoms with Gasteiger partial charge in [-0.1, -0.05) is 36.4 Å². The van der Waals surface area contributed by atoms with E-state index >= 15 is 0 Å². The zero-order valence-corrected chi connectivity index (χ0v) is 14.9. The number of amides is 1. The molecular weight excluding hydrogens is 356 g/mol. The molecule has 0 saturated carbocycles. The van der Waals surface area contributed by atoms with E-state index in [1.807, 2.05) is 30.3 Å². The molecule has 1 amide bonds. The minimum Gasteiger partial charge on any atom is -0.455 e. The van der Waals surface area contributed by atoms with E-state index in [0.29, 0.717) is 41.2 Å². The molecule has 0 unspecified atom stereocenters. The van der Waals surface area contributed by atoms with Crippen LogP contribution in [0.4, 0.5) is 5.69 Å². The van der Waals surface area contributed by atoms with Gasteiger partial charge in [0.05, 0.1) is 0 Å². The van der Waals surface area contributed by atoms with Gasteiger partial charge in [-0.05, 0) is 24.1 Å². The van der Waals surface area contributed by atoms with Gasteiger partial charge in [-0.25, -0.2) is 9.78 Å². The van der Waals surface area contributed by atoms with E-state index in [1.165, 1.54) is 0 Å². The Kier molecular flexibility index (Phi) is 4.88. The van der Waals surface area contributed by atoms with Crippen LogP contribution in [0, 0.1) is 0 Å². The Hall–Kier alpha value is -3.87. The monoisotopic (exact) mass is 374 g/mol. The maximum Gasteiger partial charge on any atom is 0.325 e. The first kappa shape index (κ1) is 17.5. The Morgan fingerprint density at radius 1 is 1.04 bits per heavy atom. The van der Waals surface area contributed by atoms with Crippen molar-refractivity contribution in [3.63, 3.8) is 0 Å². The zero-order chi connectivity index (χ0) is 19.3. The van der Waals surface area contributed by atoms with Crippen LogP contribution in [0.5, 0.6) is 11.5 Å². The molecule has 0 fully saturated rings. The van der Waals surface area contributed by atoms with Crippen molar-refractivity contribution < 1.29 is 9.53 Å². The number of carbonyl (C=O) groups is 1. The van der Waals surface area contributed by atoms with E-state index in [0.717, 1.165) is 5.56 Å². The molecule has 2 aromatic heterocycles. The second kappa shape index (κ2) is 7.79. The summed E-state index contributed by atoms with van der Waals surface area (Å²) in [6.07, 6.45) is 2.63. The van der Waals surface area contributed by atoms with Crippen molar-refractivity contribution in [3.05, 3.63) is 82.9 Å². The summed E-state index contributed by atoms with van der Waals surface area (Å²) in [6.45, 7) is 0. The van der Waals surface area contributed by atoms with E-state index in [1.54, 1.807) is 36.5 Å². The van der Waals surface area contributed by atoms with Crippen LogP contribution in [-0.2, 0) is 11.2 Å². The normalized spacial score (nSPS) is 10.7. The third-order valence-electron chi connectivity index (χ3n) is 4.21. The number of aryl methyl sites for hydroxylation is 1. The van der Waals surface area contributed by atoms with Gasteiger partial charge in [0.2, 0.25) is 5.91 Å². The first-order chi connectivity index (χ1) is 13.7. The van der Waals surface area contributed by atoms with Crippen molar-refractivity contribution in [1.82, 2.24) is 15.0 Å². The first-order valence-electron chi connectivity index (χ1n) is 8.86. The number of hydrogen-bond donors (Lipinski definition) is 3. The van der Waals surface area contributed by atoms with Gasteiger partial charge in [0.15, 0.2) is 11.4 Å². The molecule has 7 heteroatoms. The van der Waals surface area contributed by atoms with Crippen LogP contribution in [0.25, 0.3) is 11.2 Å². The fourth-order valence-electron chi connectivity index (χ4n) is 2.89. The number of imidazole rings is 1. The lowest BCUT2D eigenvalue weighted by Gasteiger charge is -2.09. The van der Waals surface area contributed by atoms with Gasteiger partial charge in [0, 0.05) is 30.4 Å². The van der Waals surface area contributed by atoms with Crippen LogP contribution in [0.15, 0.2) is 71.7 Å². The summed E-state index contributed by atoms with van der Waals surface area (Å²) in [5, 5.41) is 2.88. The fourth-order valence-corrected chi connectivity index (χ4v) is 2.89. The lowest BCUT2D eigenvalue weighted by atomic mass is 10.1. The predicted molar refractivity (Wildman–Crippen MR) is 107 cm³/mol. The molecule has 7 nitrogen and oxygen atoms in total. The molecule has 0 radical (unpaired) electrons. The van der Waals surface area contributed by atoms with Gasteiger partial charge in [-0.2, -0.15) is 0 Å².